The lowest BCUT2D eigenvalue weighted by Crippen LogP contribution is -2.47. The minimum Gasteiger partial charge on any atom is -0.480 e. The molecule has 1 aromatic rings. The lowest BCUT2D eigenvalue weighted by Gasteiger charge is -2.22. The van der Waals surface area contributed by atoms with Crippen molar-refractivity contribution in [3.05, 3.63) is 35.9 Å². The lowest BCUT2D eigenvalue weighted by molar-refractivity contribution is -0.198. The molecule has 88 valence electrons. The number of aliphatic carboxylic acids is 1. The Hall–Kier alpha value is -1.43. The fraction of sp³-hybridized carbons (Fsp3) is 0.364. The number of nitrogens with two attached hydrogens (primary N) is 1. The van der Waals surface area contributed by atoms with Crippen LogP contribution in [0.2, 0.25) is 0 Å². The zero-order valence-corrected chi connectivity index (χ0v) is 9.17. The summed E-state index contributed by atoms with van der Waals surface area (Å²) in [5.74, 6) is 4.51. The zero-order valence-electron chi connectivity index (χ0n) is 9.17. The molecule has 0 spiro atoms. The SMILES string of the molecule is CCON(N)C(Cc1ccccc1)C(=O)O. The summed E-state index contributed by atoms with van der Waals surface area (Å²) in [5.41, 5.74) is 0.907. The van der Waals surface area contributed by atoms with Crippen LogP contribution in [0.3, 0.4) is 0 Å². The topological polar surface area (TPSA) is 75.8 Å². The summed E-state index contributed by atoms with van der Waals surface area (Å²) in [7, 11) is 0. The van der Waals surface area contributed by atoms with Crippen LogP contribution in [-0.2, 0) is 16.1 Å². The van der Waals surface area contributed by atoms with Crippen molar-refractivity contribution in [2.24, 2.45) is 5.84 Å². The second kappa shape index (κ2) is 6.22. The smallest absolute Gasteiger partial charge is 0.325 e. The van der Waals surface area contributed by atoms with Crippen molar-refractivity contribution >= 4 is 5.97 Å². The predicted octanol–water partition coefficient (Wildman–Crippen LogP) is 0.809. The number of carbonyl (C=O) groups is 1. The summed E-state index contributed by atoms with van der Waals surface area (Å²) in [6.45, 7) is 2.09. The first-order valence-electron chi connectivity index (χ1n) is 5.08. The van der Waals surface area contributed by atoms with Gasteiger partial charge in [0.25, 0.3) is 0 Å². The molecule has 1 unspecified atom stereocenters. The Kier molecular flexibility index (Phi) is 4.91. The van der Waals surface area contributed by atoms with E-state index in [0.717, 1.165) is 10.7 Å². The maximum atomic E-state index is 11.0. The van der Waals surface area contributed by atoms with Gasteiger partial charge in [-0.3, -0.25) is 9.63 Å². The summed E-state index contributed by atoms with van der Waals surface area (Å²) in [6, 6.07) is 8.43. The minimum atomic E-state index is -1.00. The molecule has 16 heavy (non-hydrogen) atoms. The van der Waals surface area contributed by atoms with Crippen LogP contribution in [0.25, 0.3) is 0 Å². The lowest BCUT2D eigenvalue weighted by atomic mass is 10.1. The molecule has 0 aromatic heterocycles. The van der Waals surface area contributed by atoms with Gasteiger partial charge >= 0.3 is 5.97 Å². The normalized spacial score (nSPS) is 12.7. The molecule has 0 heterocycles. The van der Waals surface area contributed by atoms with Gasteiger partial charge in [-0.15, -0.1) is 5.17 Å². The molecular formula is C11H16N2O3. The Morgan fingerprint density at radius 3 is 2.62 bits per heavy atom. The second-order valence-corrected chi connectivity index (χ2v) is 3.32. The van der Waals surface area contributed by atoms with Gasteiger partial charge < -0.3 is 5.11 Å². The van der Waals surface area contributed by atoms with Crippen molar-refractivity contribution in [3.8, 4) is 0 Å². The summed E-state index contributed by atoms with van der Waals surface area (Å²) in [4.78, 5) is 16.0. The average Bonchev–Trinajstić information content (AvgIpc) is 2.27. The van der Waals surface area contributed by atoms with Crippen molar-refractivity contribution in [2.75, 3.05) is 6.61 Å². The molecule has 1 rings (SSSR count). The molecule has 0 radical (unpaired) electrons. The Morgan fingerprint density at radius 1 is 1.50 bits per heavy atom. The van der Waals surface area contributed by atoms with Crippen molar-refractivity contribution in [1.29, 1.82) is 0 Å². The molecule has 0 bridgehead atoms. The number of carboxylic acid groups (broad SMARTS) is 1. The highest BCUT2D eigenvalue weighted by atomic mass is 16.7. The van der Waals surface area contributed by atoms with E-state index in [1.54, 1.807) is 6.92 Å². The second-order valence-electron chi connectivity index (χ2n) is 3.32. The number of hydrogen-bond donors (Lipinski definition) is 2. The molecule has 5 heteroatoms. The summed E-state index contributed by atoms with van der Waals surface area (Å²) >= 11 is 0. The van der Waals surface area contributed by atoms with Gasteiger partial charge in [-0.2, -0.15) is 0 Å². The van der Waals surface area contributed by atoms with E-state index in [2.05, 4.69) is 0 Å². The van der Waals surface area contributed by atoms with E-state index in [1.165, 1.54) is 0 Å². The predicted molar refractivity (Wildman–Crippen MR) is 59.2 cm³/mol. The van der Waals surface area contributed by atoms with Gasteiger partial charge in [0, 0.05) is 6.42 Å². The molecule has 5 nitrogen and oxygen atoms in total. The highest BCUT2D eigenvalue weighted by molar-refractivity contribution is 5.73. The van der Waals surface area contributed by atoms with E-state index in [-0.39, 0.29) is 0 Å². The fourth-order valence-corrected chi connectivity index (χ4v) is 1.36. The third-order valence-corrected chi connectivity index (χ3v) is 2.14. The van der Waals surface area contributed by atoms with Gasteiger partial charge in [0.1, 0.15) is 0 Å². The maximum absolute atomic E-state index is 11.0. The molecule has 0 saturated carbocycles. The van der Waals surface area contributed by atoms with E-state index in [4.69, 9.17) is 15.8 Å². The van der Waals surface area contributed by atoms with E-state index in [9.17, 15) is 4.79 Å². The van der Waals surface area contributed by atoms with Crippen LogP contribution in [0.4, 0.5) is 0 Å². The number of hydrogen-bond acceptors (Lipinski definition) is 4. The van der Waals surface area contributed by atoms with Crippen molar-refractivity contribution in [1.82, 2.24) is 5.17 Å². The molecule has 3 N–H and O–H groups in total. The van der Waals surface area contributed by atoms with E-state index in [0.29, 0.717) is 13.0 Å². The molecule has 0 aliphatic carbocycles. The fourth-order valence-electron chi connectivity index (χ4n) is 1.36. The molecule has 0 saturated heterocycles. The largest absolute Gasteiger partial charge is 0.480 e. The van der Waals surface area contributed by atoms with Gasteiger partial charge in [0.05, 0.1) is 6.61 Å². The number of benzene rings is 1. The Bertz CT molecular complexity index is 329. The van der Waals surface area contributed by atoms with Crippen LogP contribution in [0.15, 0.2) is 30.3 Å². The summed E-state index contributed by atoms with van der Waals surface area (Å²) in [5, 5.41) is 9.93. The van der Waals surface area contributed by atoms with Crippen molar-refractivity contribution in [2.45, 2.75) is 19.4 Å². The Labute approximate surface area is 94.3 Å². The number of nitrogens with zero attached hydrogens (tertiary/aromatic N) is 1. The Morgan fingerprint density at radius 2 is 2.12 bits per heavy atom. The molecule has 0 aliphatic rings. The van der Waals surface area contributed by atoms with Crippen LogP contribution < -0.4 is 5.84 Å². The maximum Gasteiger partial charge on any atom is 0.325 e. The number of hydroxylamine groups is 1. The van der Waals surface area contributed by atoms with Gasteiger partial charge in [-0.25, -0.2) is 5.84 Å². The third kappa shape index (κ3) is 3.62. The summed E-state index contributed by atoms with van der Waals surface area (Å²) in [6.07, 6.45) is 0.312. The third-order valence-electron chi connectivity index (χ3n) is 2.14. The quantitative estimate of drug-likeness (QED) is 0.552. The number of hydrazine groups is 1. The molecule has 0 amide bonds. The zero-order chi connectivity index (χ0) is 12.0. The van der Waals surface area contributed by atoms with Crippen LogP contribution in [0, 0.1) is 0 Å². The molecule has 1 aromatic carbocycles. The van der Waals surface area contributed by atoms with Gasteiger partial charge in [0.2, 0.25) is 0 Å². The van der Waals surface area contributed by atoms with Gasteiger partial charge in [-0.1, -0.05) is 30.3 Å². The molecular weight excluding hydrogens is 208 g/mol. The minimum absolute atomic E-state index is 0.312. The molecule has 0 aliphatic heterocycles. The van der Waals surface area contributed by atoms with Crippen LogP contribution in [0.5, 0.6) is 0 Å². The van der Waals surface area contributed by atoms with E-state index in [1.807, 2.05) is 30.3 Å². The van der Waals surface area contributed by atoms with Gasteiger partial charge in [0.15, 0.2) is 6.04 Å². The number of carboxylic acids is 1. The molecule has 0 fully saturated rings. The average molecular weight is 224 g/mol. The van der Waals surface area contributed by atoms with Crippen molar-refractivity contribution < 1.29 is 14.7 Å². The first-order chi connectivity index (χ1) is 7.65. The Balaban J connectivity index is 2.69. The first kappa shape index (κ1) is 12.6. The first-order valence-corrected chi connectivity index (χ1v) is 5.08. The van der Waals surface area contributed by atoms with Gasteiger partial charge in [-0.05, 0) is 12.5 Å². The number of rotatable bonds is 6. The standard InChI is InChI=1S/C11H16N2O3/c1-2-16-13(12)10(11(14)15)8-9-6-4-3-5-7-9/h3-7,10H,2,8,12H2,1H3,(H,14,15). The highest BCUT2D eigenvalue weighted by Crippen LogP contribution is 2.07. The monoisotopic (exact) mass is 224 g/mol. The van der Waals surface area contributed by atoms with Crippen LogP contribution in [-0.4, -0.2) is 28.9 Å². The summed E-state index contributed by atoms with van der Waals surface area (Å²) < 4.78 is 0. The van der Waals surface area contributed by atoms with E-state index >= 15 is 0 Å². The van der Waals surface area contributed by atoms with Crippen LogP contribution in [0.1, 0.15) is 12.5 Å². The highest BCUT2D eigenvalue weighted by Gasteiger charge is 2.24. The molecule has 1 atom stereocenters. The van der Waals surface area contributed by atoms with E-state index < -0.39 is 12.0 Å². The van der Waals surface area contributed by atoms with Crippen LogP contribution >= 0.6 is 0 Å². The van der Waals surface area contributed by atoms with Crippen molar-refractivity contribution in [3.63, 3.8) is 0 Å².